The Kier molecular flexibility index (Phi) is 6.25. The molecule has 0 spiro atoms. The summed E-state index contributed by atoms with van der Waals surface area (Å²) in [5, 5.41) is 8.69. The fraction of sp³-hybridized carbons (Fsp3) is 0.143. The van der Waals surface area contributed by atoms with Crippen molar-refractivity contribution >= 4 is 23.2 Å². The van der Waals surface area contributed by atoms with Gasteiger partial charge in [0.05, 0.1) is 12.8 Å². The second-order valence-electron chi connectivity index (χ2n) is 5.95. The maximum atomic E-state index is 12.0. The van der Waals surface area contributed by atoms with E-state index in [1.54, 1.807) is 30.3 Å². The van der Waals surface area contributed by atoms with Gasteiger partial charge in [-0.3, -0.25) is 9.59 Å². The molecule has 27 heavy (non-hydrogen) atoms. The first kappa shape index (κ1) is 18.3. The molecule has 3 aromatic rings. The van der Waals surface area contributed by atoms with Crippen molar-refractivity contribution in [1.82, 2.24) is 5.32 Å². The lowest BCUT2D eigenvalue weighted by atomic mass is 10.1. The Morgan fingerprint density at radius 1 is 0.889 bits per heavy atom. The van der Waals surface area contributed by atoms with Crippen molar-refractivity contribution in [2.75, 3.05) is 23.7 Å². The molecule has 0 aliphatic heterocycles. The van der Waals surface area contributed by atoms with Gasteiger partial charge in [-0.2, -0.15) is 0 Å². The Balaban J connectivity index is 1.43. The van der Waals surface area contributed by atoms with Crippen molar-refractivity contribution in [2.45, 2.75) is 6.42 Å². The molecular formula is C21H21N3O3. The molecule has 1 heterocycles. The van der Waals surface area contributed by atoms with Crippen LogP contribution in [0.25, 0.3) is 0 Å². The van der Waals surface area contributed by atoms with Crippen LogP contribution in [0.3, 0.4) is 0 Å². The molecule has 6 heteroatoms. The maximum Gasteiger partial charge on any atom is 0.291 e. The molecule has 0 atom stereocenters. The average molecular weight is 363 g/mol. The van der Waals surface area contributed by atoms with E-state index in [4.69, 9.17) is 4.42 Å². The summed E-state index contributed by atoms with van der Waals surface area (Å²) in [6.07, 6.45) is 2.24. The molecule has 0 saturated heterocycles. The van der Waals surface area contributed by atoms with Gasteiger partial charge in [-0.25, -0.2) is 0 Å². The summed E-state index contributed by atoms with van der Waals surface area (Å²) in [5.74, 6) is -0.169. The number of amides is 2. The van der Waals surface area contributed by atoms with Gasteiger partial charge >= 0.3 is 0 Å². The summed E-state index contributed by atoms with van der Waals surface area (Å²) < 4.78 is 5.07. The topological polar surface area (TPSA) is 83.4 Å². The van der Waals surface area contributed by atoms with Crippen LogP contribution in [0.1, 0.15) is 16.1 Å². The molecule has 0 fully saturated rings. The molecule has 6 nitrogen and oxygen atoms in total. The number of furan rings is 1. The Labute approximate surface area is 157 Å². The average Bonchev–Trinajstić information content (AvgIpc) is 3.23. The van der Waals surface area contributed by atoms with Crippen LogP contribution < -0.4 is 16.0 Å². The van der Waals surface area contributed by atoms with Gasteiger partial charge in [-0.05, 0) is 42.3 Å². The first-order valence-corrected chi connectivity index (χ1v) is 8.70. The van der Waals surface area contributed by atoms with E-state index in [0.29, 0.717) is 12.2 Å². The highest BCUT2D eigenvalue weighted by molar-refractivity contribution is 6.02. The predicted octanol–water partition coefficient (Wildman–Crippen LogP) is 3.30. The van der Waals surface area contributed by atoms with E-state index in [1.807, 2.05) is 36.4 Å². The second-order valence-corrected chi connectivity index (χ2v) is 5.95. The van der Waals surface area contributed by atoms with Crippen LogP contribution in [-0.2, 0) is 11.2 Å². The maximum absolute atomic E-state index is 12.0. The monoisotopic (exact) mass is 363 g/mol. The number of rotatable bonds is 8. The Morgan fingerprint density at radius 2 is 1.70 bits per heavy atom. The van der Waals surface area contributed by atoms with Gasteiger partial charge < -0.3 is 20.4 Å². The zero-order valence-corrected chi connectivity index (χ0v) is 14.8. The van der Waals surface area contributed by atoms with Crippen LogP contribution >= 0.6 is 0 Å². The van der Waals surface area contributed by atoms with E-state index in [9.17, 15) is 9.59 Å². The van der Waals surface area contributed by atoms with E-state index in [-0.39, 0.29) is 24.1 Å². The summed E-state index contributed by atoms with van der Waals surface area (Å²) >= 11 is 0. The zero-order valence-electron chi connectivity index (χ0n) is 14.8. The number of nitrogens with one attached hydrogen (secondary N) is 3. The lowest BCUT2D eigenvalue weighted by Crippen LogP contribution is -2.31. The normalized spacial score (nSPS) is 10.2. The molecule has 0 aliphatic rings. The number of benzene rings is 2. The molecule has 2 amide bonds. The molecule has 2 aromatic carbocycles. The molecule has 0 aliphatic carbocycles. The molecule has 3 N–H and O–H groups in total. The summed E-state index contributed by atoms with van der Waals surface area (Å²) in [6.45, 7) is 0.744. The largest absolute Gasteiger partial charge is 0.459 e. The fourth-order valence-electron chi connectivity index (χ4n) is 2.54. The Morgan fingerprint density at radius 3 is 2.48 bits per heavy atom. The molecule has 3 rings (SSSR count). The number of anilines is 2. The summed E-state index contributed by atoms with van der Waals surface area (Å²) in [4.78, 5) is 24.0. The minimum absolute atomic E-state index is 0.0871. The van der Waals surface area contributed by atoms with Crippen molar-refractivity contribution in [3.05, 3.63) is 84.3 Å². The van der Waals surface area contributed by atoms with Gasteiger partial charge in [-0.15, -0.1) is 0 Å². The molecular weight excluding hydrogens is 342 g/mol. The lowest BCUT2D eigenvalue weighted by Gasteiger charge is -2.10. The van der Waals surface area contributed by atoms with Crippen molar-refractivity contribution in [3.8, 4) is 0 Å². The van der Waals surface area contributed by atoms with Crippen LogP contribution in [0.5, 0.6) is 0 Å². The summed E-state index contributed by atoms with van der Waals surface area (Å²) in [6, 6.07) is 20.4. The second kappa shape index (κ2) is 9.24. The SMILES string of the molecule is O=C(CNc1cccc(NC(=O)c2ccco2)c1)NCCc1ccccc1. The number of hydrogen-bond donors (Lipinski definition) is 3. The van der Waals surface area contributed by atoms with Crippen molar-refractivity contribution < 1.29 is 14.0 Å². The third kappa shape index (κ3) is 5.74. The van der Waals surface area contributed by atoms with Crippen molar-refractivity contribution in [2.24, 2.45) is 0 Å². The van der Waals surface area contributed by atoms with Crippen LogP contribution in [0.2, 0.25) is 0 Å². The number of hydrogen-bond acceptors (Lipinski definition) is 4. The van der Waals surface area contributed by atoms with Crippen LogP contribution in [0.4, 0.5) is 11.4 Å². The van der Waals surface area contributed by atoms with Gasteiger partial charge in [0.1, 0.15) is 0 Å². The number of carbonyl (C=O) groups excluding carboxylic acids is 2. The van der Waals surface area contributed by atoms with Crippen LogP contribution in [-0.4, -0.2) is 24.9 Å². The fourth-order valence-corrected chi connectivity index (χ4v) is 2.54. The van der Waals surface area contributed by atoms with E-state index >= 15 is 0 Å². The molecule has 1 aromatic heterocycles. The van der Waals surface area contributed by atoms with E-state index in [1.165, 1.54) is 11.8 Å². The van der Waals surface area contributed by atoms with Gasteiger partial charge in [0, 0.05) is 17.9 Å². The van der Waals surface area contributed by atoms with Gasteiger partial charge in [-0.1, -0.05) is 36.4 Å². The van der Waals surface area contributed by atoms with Gasteiger partial charge in [0.2, 0.25) is 5.91 Å². The Bertz CT molecular complexity index is 877. The molecule has 0 bridgehead atoms. The number of carbonyl (C=O) groups is 2. The minimum Gasteiger partial charge on any atom is -0.459 e. The molecule has 0 radical (unpaired) electrons. The smallest absolute Gasteiger partial charge is 0.291 e. The van der Waals surface area contributed by atoms with Crippen LogP contribution in [0, 0.1) is 0 Å². The minimum atomic E-state index is -0.323. The van der Waals surface area contributed by atoms with E-state index in [2.05, 4.69) is 16.0 Å². The lowest BCUT2D eigenvalue weighted by molar-refractivity contribution is -0.119. The van der Waals surface area contributed by atoms with Gasteiger partial charge in [0.25, 0.3) is 5.91 Å². The van der Waals surface area contributed by atoms with Gasteiger partial charge in [0.15, 0.2) is 5.76 Å². The summed E-state index contributed by atoms with van der Waals surface area (Å²) in [5.41, 5.74) is 2.54. The highest BCUT2D eigenvalue weighted by atomic mass is 16.3. The highest BCUT2D eigenvalue weighted by Crippen LogP contribution is 2.16. The molecule has 138 valence electrons. The van der Waals surface area contributed by atoms with Crippen LogP contribution in [0.15, 0.2) is 77.4 Å². The quantitative estimate of drug-likeness (QED) is 0.573. The third-order valence-electron chi connectivity index (χ3n) is 3.90. The highest BCUT2D eigenvalue weighted by Gasteiger charge is 2.09. The summed E-state index contributed by atoms with van der Waals surface area (Å²) in [7, 11) is 0. The standard InChI is InChI=1S/C21H21N3O3/c25-20(22-12-11-16-6-2-1-3-7-16)15-23-17-8-4-9-18(14-17)24-21(26)19-10-5-13-27-19/h1-10,13-14,23H,11-12,15H2,(H,22,25)(H,24,26). The Hall–Kier alpha value is -3.54. The zero-order chi connectivity index (χ0) is 18.9. The van der Waals surface area contributed by atoms with E-state index < -0.39 is 0 Å². The first-order chi connectivity index (χ1) is 13.2. The third-order valence-corrected chi connectivity index (χ3v) is 3.90. The first-order valence-electron chi connectivity index (χ1n) is 8.70. The predicted molar refractivity (Wildman–Crippen MR) is 105 cm³/mol. The van der Waals surface area contributed by atoms with E-state index in [0.717, 1.165) is 12.1 Å². The molecule has 0 saturated carbocycles. The molecule has 0 unspecified atom stereocenters. The van der Waals surface area contributed by atoms with Crippen molar-refractivity contribution in [3.63, 3.8) is 0 Å². The van der Waals surface area contributed by atoms with Crippen molar-refractivity contribution in [1.29, 1.82) is 0 Å².